The minimum atomic E-state index is -0.240. The number of nitriles is 1. The van der Waals surface area contributed by atoms with Crippen LogP contribution in [0.2, 0.25) is 0 Å². The fourth-order valence-electron chi connectivity index (χ4n) is 3.64. The molecule has 1 aliphatic heterocycles. The Morgan fingerprint density at radius 3 is 2.34 bits per heavy atom. The molecule has 144 valence electrons. The maximum Gasteiger partial charge on any atom is 0.205 e. The second-order valence-corrected chi connectivity index (χ2v) is 7.49. The summed E-state index contributed by atoms with van der Waals surface area (Å²) in [6, 6.07) is 26.5. The van der Waals surface area contributed by atoms with Crippen LogP contribution in [-0.2, 0) is 0 Å². The van der Waals surface area contributed by atoms with E-state index in [4.69, 9.17) is 10.5 Å². The van der Waals surface area contributed by atoms with Crippen molar-refractivity contribution in [3.63, 3.8) is 0 Å². The van der Waals surface area contributed by atoms with Crippen molar-refractivity contribution in [2.24, 2.45) is 5.73 Å². The molecule has 3 N–H and O–H groups in total. The zero-order valence-corrected chi connectivity index (χ0v) is 16.5. The van der Waals surface area contributed by atoms with Gasteiger partial charge >= 0.3 is 0 Å². The van der Waals surface area contributed by atoms with Crippen LogP contribution in [0.15, 0.2) is 84.3 Å². The van der Waals surface area contributed by atoms with Crippen LogP contribution in [0.25, 0.3) is 0 Å². The Hall–Kier alpha value is -3.71. The molecule has 0 amide bonds. The standard InChI is InChI=1S/C25H23N3O/c1-16(2)17-8-10-18(11-9-17)24-21-13-12-20(28-19-6-4-3-5-7-19)14-23(21)29-25(27)22(24)15-26/h3-14,16,24,28H,27H2,1-2H3. The van der Waals surface area contributed by atoms with Crippen molar-refractivity contribution in [3.8, 4) is 11.8 Å². The Bertz CT molecular complexity index is 1090. The molecule has 4 heteroatoms. The Labute approximate surface area is 171 Å². The van der Waals surface area contributed by atoms with E-state index in [0.29, 0.717) is 17.2 Å². The number of benzene rings is 3. The van der Waals surface area contributed by atoms with Crippen molar-refractivity contribution >= 4 is 11.4 Å². The number of hydrogen-bond donors (Lipinski definition) is 2. The van der Waals surface area contributed by atoms with Crippen molar-refractivity contribution in [1.82, 2.24) is 0 Å². The monoisotopic (exact) mass is 381 g/mol. The molecule has 0 aromatic heterocycles. The minimum absolute atomic E-state index is 0.162. The van der Waals surface area contributed by atoms with Crippen LogP contribution in [0.3, 0.4) is 0 Å². The van der Waals surface area contributed by atoms with E-state index in [2.05, 4.69) is 49.5 Å². The van der Waals surface area contributed by atoms with Crippen molar-refractivity contribution in [2.75, 3.05) is 5.32 Å². The van der Waals surface area contributed by atoms with Crippen LogP contribution in [0, 0.1) is 11.3 Å². The Kier molecular flexibility index (Phi) is 4.97. The predicted molar refractivity (Wildman–Crippen MR) is 116 cm³/mol. The number of allylic oxidation sites excluding steroid dienone is 1. The number of nitrogens with two attached hydrogens (primary N) is 1. The largest absolute Gasteiger partial charge is 0.440 e. The number of anilines is 2. The predicted octanol–water partition coefficient (Wildman–Crippen LogP) is 5.77. The van der Waals surface area contributed by atoms with Gasteiger partial charge in [-0.2, -0.15) is 5.26 Å². The van der Waals surface area contributed by atoms with E-state index >= 15 is 0 Å². The molecule has 1 aliphatic rings. The first-order chi connectivity index (χ1) is 14.1. The van der Waals surface area contributed by atoms with Crippen molar-refractivity contribution in [3.05, 3.63) is 101 Å². The van der Waals surface area contributed by atoms with Crippen LogP contribution in [-0.4, -0.2) is 0 Å². The second-order valence-electron chi connectivity index (χ2n) is 7.49. The van der Waals surface area contributed by atoms with Crippen LogP contribution in [0.1, 0.15) is 42.4 Å². The quantitative estimate of drug-likeness (QED) is 0.602. The van der Waals surface area contributed by atoms with E-state index in [1.807, 2.05) is 48.5 Å². The number of rotatable bonds is 4. The smallest absolute Gasteiger partial charge is 0.205 e. The highest BCUT2D eigenvalue weighted by molar-refractivity contribution is 5.65. The van der Waals surface area contributed by atoms with Gasteiger partial charge < -0.3 is 15.8 Å². The Balaban J connectivity index is 1.73. The molecule has 4 nitrogen and oxygen atoms in total. The van der Waals surface area contributed by atoms with Crippen molar-refractivity contribution < 1.29 is 4.74 Å². The lowest BCUT2D eigenvalue weighted by molar-refractivity contribution is 0.394. The molecule has 0 saturated carbocycles. The summed E-state index contributed by atoms with van der Waals surface area (Å²) in [5.41, 5.74) is 11.7. The van der Waals surface area contributed by atoms with Crippen LogP contribution >= 0.6 is 0 Å². The summed E-state index contributed by atoms with van der Waals surface area (Å²) in [4.78, 5) is 0. The SMILES string of the molecule is CC(C)c1ccc(C2C(C#N)=C(N)Oc3cc(Nc4ccccc4)ccc32)cc1. The number of nitrogens with zero attached hydrogens (tertiary/aromatic N) is 1. The van der Waals surface area contributed by atoms with E-state index < -0.39 is 0 Å². The van der Waals surface area contributed by atoms with Gasteiger partial charge in [0.1, 0.15) is 17.4 Å². The van der Waals surface area contributed by atoms with Gasteiger partial charge in [-0.05, 0) is 35.2 Å². The highest BCUT2D eigenvalue weighted by atomic mass is 16.5. The summed E-state index contributed by atoms with van der Waals surface area (Å²) in [5.74, 6) is 1.04. The van der Waals surface area contributed by atoms with E-state index in [1.165, 1.54) is 5.56 Å². The lowest BCUT2D eigenvalue weighted by Crippen LogP contribution is -2.21. The summed E-state index contributed by atoms with van der Waals surface area (Å²) in [6.07, 6.45) is 0. The Morgan fingerprint density at radius 1 is 0.966 bits per heavy atom. The summed E-state index contributed by atoms with van der Waals surface area (Å²) in [5, 5.41) is 13.1. The van der Waals surface area contributed by atoms with Gasteiger partial charge in [0.15, 0.2) is 0 Å². The molecule has 0 radical (unpaired) electrons. The van der Waals surface area contributed by atoms with E-state index in [1.54, 1.807) is 0 Å². The molecule has 0 aliphatic carbocycles. The molecule has 1 atom stereocenters. The minimum Gasteiger partial charge on any atom is -0.440 e. The highest BCUT2D eigenvalue weighted by Crippen LogP contribution is 2.43. The van der Waals surface area contributed by atoms with Gasteiger partial charge in [0.25, 0.3) is 0 Å². The van der Waals surface area contributed by atoms with Gasteiger partial charge in [-0.15, -0.1) is 0 Å². The molecule has 3 aromatic carbocycles. The first kappa shape index (κ1) is 18.6. The average Bonchev–Trinajstić information content (AvgIpc) is 2.73. The van der Waals surface area contributed by atoms with E-state index in [0.717, 1.165) is 22.5 Å². The van der Waals surface area contributed by atoms with E-state index in [-0.39, 0.29) is 11.8 Å². The first-order valence-electron chi connectivity index (χ1n) is 9.70. The fraction of sp³-hybridized carbons (Fsp3) is 0.160. The molecular weight excluding hydrogens is 358 g/mol. The molecule has 1 heterocycles. The van der Waals surface area contributed by atoms with Gasteiger partial charge in [-0.1, -0.05) is 62.4 Å². The van der Waals surface area contributed by atoms with Gasteiger partial charge in [-0.3, -0.25) is 0 Å². The molecule has 0 saturated heterocycles. The third-order valence-corrected chi connectivity index (χ3v) is 5.22. The number of ether oxygens (including phenoxy) is 1. The topological polar surface area (TPSA) is 71.1 Å². The summed E-state index contributed by atoms with van der Waals surface area (Å²) in [6.45, 7) is 4.33. The third kappa shape index (κ3) is 3.68. The van der Waals surface area contributed by atoms with Gasteiger partial charge in [-0.25, -0.2) is 0 Å². The number of para-hydroxylation sites is 1. The molecule has 0 bridgehead atoms. The van der Waals surface area contributed by atoms with Crippen LogP contribution < -0.4 is 15.8 Å². The van der Waals surface area contributed by atoms with Crippen molar-refractivity contribution in [2.45, 2.75) is 25.7 Å². The number of nitrogens with one attached hydrogen (secondary N) is 1. The summed E-state index contributed by atoms with van der Waals surface area (Å²) in [7, 11) is 0. The fourth-order valence-corrected chi connectivity index (χ4v) is 3.64. The van der Waals surface area contributed by atoms with Crippen LogP contribution in [0.5, 0.6) is 5.75 Å². The van der Waals surface area contributed by atoms with Gasteiger partial charge in [0.2, 0.25) is 5.88 Å². The molecule has 29 heavy (non-hydrogen) atoms. The lowest BCUT2D eigenvalue weighted by atomic mass is 9.83. The lowest BCUT2D eigenvalue weighted by Gasteiger charge is -2.27. The van der Waals surface area contributed by atoms with Crippen molar-refractivity contribution in [1.29, 1.82) is 5.26 Å². The van der Waals surface area contributed by atoms with Gasteiger partial charge in [0.05, 0.1) is 5.92 Å². The van der Waals surface area contributed by atoms with Gasteiger partial charge in [0, 0.05) is 23.0 Å². The second kappa shape index (κ2) is 7.73. The average molecular weight is 381 g/mol. The van der Waals surface area contributed by atoms with Crippen LogP contribution in [0.4, 0.5) is 11.4 Å². The Morgan fingerprint density at radius 2 is 1.69 bits per heavy atom. The molecule has 1 unspecified atom stereocenters. The normalized spacial score (nSPS) is 15.4. The maximum atomic E-state index is 9.73. The number of hydrogen-bond acceptors (Lipinski definition) is 4. The highest BCUT2D eigenvalue weighted by Gasteiger charge is 2.30. The van der Waals surface area contributed by atoms with E-state index in [9.17, 15) is 5.26 Å². The zero-order valence-electron chi connectivity index (χ0n) is 16.5. The molecule has 0 fully saturated rings. The summed E-state index contributed by atoms with van der Waals surface area (Å²) >= 11 is 0. The molecule has 4 rings (SSSR count). The molecule has 0 spiro atoms. The zero-order chi connectivity index (χ0) is 20.4. The molecular formula is C25H23N3O. The third-order valence-electron chi connectivity index (χ3n) is 5.22. The summed E-state index contributed by atoms with van der Waals surface area (Å²) < 4.78 is 5.82. The number of fused-ring (bicyclic) bond motifs is 1. The molecule has 3 aromatic rings. The maximum absolute atomic E-state index is 9.73. The first-order valence-corrected chi connectivity index (χ1v) is 9.70.